The number of nitrogen functional groups attached to an aromatic ring is 1. The summed E-state index contributed by atoms with van der Waals surface area (Å²) in [6.45, 7) is 6.70. The lowest BCUT2D eigenvalue weighted by atomic mass is 10.1. The van der Waals surface area contributed by atoms with Crippen molar-refractivity contribution >= 4 is 40.4 Å². The SMILES string of the molecule is CCOC(=O)c1c(C)oc2nc(CSc3nc(C)c(C(C)=O)cc3C#N)nc(N)c12. The van der Waals surface area contributed by atoms with E-state index in [1.807, 2.05) is 0 Å². The molecule has 0 aliphatic rings. The van der Waals surface area contributed by atoms with Gasteiger partial charge >= 0.3 is 5.97 Å². The van der Waals surface area contributed by atoms with Crippen LogP contribution in [0.2, 0.25) is 0 Å². The van der Waals surface area contributed by atoms with E-state index in [9.17, 15) is 14.9 Å². The summed E-state index contributed by atoms with van der Waals surface area (Å²) in [5, 5.41) is 10.2. The molecule has 30 heavy (non-hydrogen) atoms. The van der Waals surface area contributed by atoms with Gasteiger partial charge in [0.2, 0.25) is 5.71 Å². The maximum absolute atomic E-state index is 12.2. The van der Waals surface area contributed by atoms with Crippen LogP contribution in [-0.4, -0.2) is 33.3 Å². The molecule has 0 saturated heterocycles. The molecule has 0 aliphatic carbocycles. The monoisotopic (exact) mass is 425 g/mol. The Morgan fingerprint density at radius 1 is 1.30 bits per heavy atom. The zero-order valence-electron chi connectivity index (χ0n) is 16.9. The minimum atomic E-state index is -0.546. The molecule has 0 fully saturated rings. The normalized spacial score (nSPS) is 10.8. The molecule has 0 spiro atoms. The zero-order valence-corrected chi connectivity index (χ0v) is 17.7. The Balaban J connectivity index is 1.93. The molecule has 3 heterocycles. The third-order valence-corrected chi connectivity index (χ3v) is 5.28. The van der Waals surface area contributed by atoms with E-state index < -0.39 is 5.97 Å². The van der Waals surface area contributed by atoms with Crippen LogP contribution in [-0.2, 0) is 10.5 Å². The van der Waals surface area contributed by atoms with E-state index >= 15 is 0 Å². The third-order valence-electron chi connectivity index (χ3n) is 4.30. The molecule has 3 rings (SSSR count). The molecule has 0 unspecified atom stereocenters. The van der Waals surface area contributed by atoms with Gasteiger partial charge in [0.1, 0.15) is 34.1 Å². The maximum Gasteiger partial charge on any atom is 0.342 e. The van der Waals surface area contributed by atoms with Gasteiger partial charge in [-0.3, -0.25) is 4.79 Å². The topological polar surface area (TPSA) is 145 Å². The number of carbonyl (C=O) groups is 2. The average molecular weight is 425 g/mol. The fourth-order valence-electron chi connectivity index (χ4n) is 2.96. The number of Topliss-reactive ketones (excluding diaryl/α,β-unsaturated/α-hetero) is 1. The van der Waals surface area contributed by atoms with E-state index in [4.69, 9.17) is 14.9 Å². The number of thioether (sulfide) groups is 1. The average Bonchev–Trinajstić information content (AvgIpc) is 3.02. The van der Waals surface area contributed by atoms with E-state index in [0.29, 0.717) is 38.8 Å². The number of hydrogen-bond acceptors (Lipinski definition) is 10. The smallest absolute Gasteiger partial charge is 0.342 e. The largest absolute Gasteiger partial charge is 0.462 e. The number of fused-ring (bicyclic) bond motifs is 1. The van der Waals surface area contributed by atoms with Gasteiger partial charge in [-0.05, 0) is 33.8 Å². The number of nitrogens with two attached hydrogens (primary N) is 1. The summed E-state index contributed by atoms with van der Waals surface area (Å²) < 4.78 is 10.7. The van der Waals surface area contributed by atoms with Crippen molar-refractivity contribution in [1.29, 1.82) is 5.26 Å². The second-order valence-corrected chi connectivity index (χ2v) is 7.35. The van der Waals surface area contributed by atoms with Crippen LogP contribution < -0.4 is 5.73 Å². The summed E-state index contributed by atoms with van der Waals surface area (Å²) in [6.07, 6.45) is 0. The molecule has 0 saturated carbocycles. The molecule has 0 aliphatic heterocycles. The number of hydrogen-bond donors (Lipinski definition) is 1. The van der Waals surface area contributed by atoms with Crippen molar-refractivity contribution in [3.05, 3.63) is 40.0 Å². The fourth-order valence-corrected chi connectivity index (χ4v) is 3.82. The predicted octanol–water partition coefficient (Wildman–Crippen LogP) is 3.36. The Morgan fingerprint density at radius 2 is 2.03 bits per heavy atom. The molecule has 10 heteroatoms. The van der Waals surface area contributed by atoms with Crippen LogP contribution >= 0.6 is 11.8 Å². The first kappa shape index (κ1) is 21.3. The van der Waals surface area contributed by atoms with Crippen LogP contribution in [0, 0.1) is 25.2 Å². The molecule has 9 nitrogen and oxygen atoms in total. The third kappa shape index (κ3) is 3.97. The molecule has 3 aromatic heterocycles. The number of aromatic nitrogens is 3. The second kappa shape index (κ2) is 8.51. The van der Waals surface area contributed by atoms with Crippen LogP contribution in [0.15, 0.2) is 15.5 Å². The van der Waals surface area contributed by atoms with Crippen LogP contribution in [0.4, 0.5) is 5.82 Å². The minimum Gasteiger partial charge on any atom is -0.462 e. The number of furan rings is 1. The molecular weight excluding hydrogens is 406 g/mol. The Morgan fingerprint density at radius 3 is 2.67 bits per heavy atom. The number of nitriles is 1. The first-order chi connectivity index (χ1) is 14.3. The summed E-state index contributed by atoms with van der Waals surface area (Å²) in [7, 11) is 0. The highest BCUT2D eigenvalue weighted by atomic mass is 32.2. The van der Waals surface area contributed by atoms with Crippen LogP contribution in [0.3, 0.4) is 0 Å². The number of aryl methyl sites for hydroxylation is 2. The van der Waals surface area contributed by atoms with E-state index in [1.54, 1.807) is 20.8 Å². The van der Waals surface area contributed by atoms with Crippen molar-refractivity contribution in [3.8, 4) is 6.07 Å². The van der Waals surface area contributed by atoms with Crippen molar-refractivity contribution in [2.75, 3.05) is 12.3 Å². The quantitative estimate of drug-likeness (QED) is 0.354. The fraction of sp³-hybridized carbons (Fsp3) is 0.300. The molecule has 3 aromatic rings. The second-order valence-electron chi connectivity index (χ2n) is 6.39. The summed E-state index contributed by atoms with van der Waals surface area (Å²) in [4.78, 5) is 36.9. The molecule has 0 atom stereocenters. The van der Waals surface area contributed by atoms with E-state index in [-0.39, 0.29) is 35.2 Å². The van der Waals surface area contributed by atoms with Gasteiger partial charge in [0.15, 0.2) is 5.78 Å². The number of nitrogens with zero attached hydrogens (tertiary/aromatic N) is 4. The summed E-state index contributed by atoms with van der Waals surface area (Å²) in [6, 6.07) is 3.59. The predicted molar refractivity (Wildman–Crippen MR) is 110 cm³/mol. The van der Waals surface area contributed by atoms with Crippen LogP contribution in [0.25, 0.3) is 11.1 Å². The number of pyridine rings is 1. The lowest BCUT2D eigenvalue weighted by Gasteiger charge is -2.08. The summed E-state index contributed by atoms with van der Waals surface area (Å²) in [5.74, 6) is 0.364. The van der Waals surface area contributed by atoms with E-state index in [0.717, 1.165) is 0 Å². The van der Waals surface area contributed by atoms with Crippen molar-refractivity contribution in [2.45, 2.75) is 38.5 Å². The highest BCUT2D eigenvalue weighted by molar-refractivity contribution is 7.98. The van der Waals surface area contributed by atoms with Crippen molar-refractivity contribution < 1.29 is 18.7 Å². The Bertz CT molecular complexity index is 1210. The van der Waals surface area contributed by atoms with Crippen molar-refractivity contribution in [2.24, 2.45) is 0 Å². The minimum absolute atomic E-state index is 0.104. The van der Waals surface area contributed by atoms with Crippen molar-refractivity contribution in [1.82, 2.24) is 15.0 Å². The number of ether oxygens (including phenoxy) is 1. The first-order valence-electron chi connectivity index (χ1n) is 9.04. The molecule has 154 valence electrons. The molecule has 0 amide bonds. The Kier molecular flexibility index (Phi) is 6.03. The number of carbonyl (C=O) groups excluding carboxylic acids is 2. The van der Waals surface area contributed by atoms with E-state index in [1.165, 1.54) is 24.8 Å². The number of anilines is 1. The highest BCUT2D eigenvalue weighted by Crippen LogP contribution is 2.31. The van der Waals surface area contributed by atoms with Crippen LogP contribution in [0.1, 0.15) is 57.4 Å². The Hall–Kier alpha value is -3.45. The number of rotatable bonds is 6. The molecule has 0 aromatic carbocycles. The molecule has 0 radical (unpaired) electrons. The van der Waals surface area contributed by atoms with Crippen molar-refractivity contribution in [3.63, 3.8) is 0 Å². The Labute approximate surface area is 176 Å². The van der Waals surface area contributed by atoms with E-state index in [2.05, 4.69) is 21.0 Å². The lowest BCUT2D eigenvalue weighted by Crippen LogP contribution is -2.07. The van der Waals surface area contributed by atoms with Gasteiger partial charge in [0, 0.05) is 11.3 Å². The number of ketones is 1. The molecule has 0 bridgehead atoms. The van der Waals surface area contributed by atoms with Gasteiger partial charge in [-0.1, -0.05) is 11.8 Å². The molecule has 2 N–H and O–H groups in total. The lowest BCUT2D eigenvalue weighted by molar-refractivity contribution is 0.0526. The standard InChI is InChI=1S/C20H19N5O4S/c1-5-28-20(27)15-11(4)29-18-16(15)17(22)24-14(25-18)8-30-19-12(7-21)6-13(10(3)26)9(2)23-19/h6H,5,8H2,1-4H3,(H2,22,24,25). The first-order valence-corrected chi connectivity index (χ1v) is 10.0. The van der Waals surface area contributed by atoms with Gasteiger partial charge in [-0.2, -0.15) is 10.2 Å². The maximum atomic E-state index is 12.2. The van der Waals surface area contributed by atoms with Crippen LogP contribution in [0.5, 0.6) is 0 Å². The highest BCUT2D eigenvalue weighted by Gasteiger charge is 2.24. The van der Waals surface area contributed by atoms with Gasteiger partial charge in [0.25, 0.3) is 0 Å². The van der Waals surface area contributed by atoms with Gasteiger partial charge in [0.05, 0.1) is 23.3 Å². The van der Waals surface area contributed by atoms with Gasteiger partial charge in [-0.25, -0.2) is 14.8 Å². The summed E-state index contributed by atoms with van der Waals surface area (Å²) >= 11 is 1.24. The molecular formula is C20H19N5O4S. The van der Waals surface area contributed by atoms with Gasteiger partial charge in [-0.15, -0.1) is 0 Å². The number of esters is 1. The summed E-state index contributed by atoms with van der Waals surface area (Å²) in [5.41, 5.74) is 7.73. The zero-order chi connectivity index (χ0) is 22.0. The van der Waals surface area contributed by atoms with Gasteiger partial charge < -0.3 is 14.9 Å².